The van der Waals surface area contributed by atoms with E-state index in [9.17, 15) is 14.7 Å². The minimum absolute atomic E-state index is 0.00137. The fraction of sp³-hybridized carbons (Fsp3) is 0.0769. The molecule has 1 aliphatic heterocycles. The van der Waals surface area contributed by atoms with Gasteiger partial charge in [0.1, 0.15) is 0 Å². The lowest BCUT2D eigenvalue weighted by Crippen LogP contribution is -2.31. The van der Waals surface area contributed by atoms with Crippen LogP contribution in [-0.2, 0) is 9.59 Å². The molecule has 1 heterocycles. The number of imide groups is 1. The second-order valence-corrected chi connectivity index (χ2v) is 4.18. The summed E-state index contributed by atoms with van der Waals surface area (Å²) >= 11 is 5.74. The molecule has 1 aromatic carbocycles. The molecule has 1 N–H and O–H groups in total. The molecule has 2 amide bonds. The van der Waals surface area contributed by atoms with Crippen molar-refractivity contribution in [3.05, 3.63) is 53.3 Å². The molecule has 0 saturated carbocycles. The van der Waals surface area contributed by atoms with Crippen LogP contribution in [0.4, 0.5) is 0 Å². The fourth-order valence-electron chi connectivity index (χ4n) is 1.73. The number of carbonyl (C=O) groups is 2. The lowest BCUT2D eigenvalue weighted by Gasteiger charge is -2.10. The van der Waals surface area contributed by atoms with Crippen LogP contribution in [0.1, 0.15) is 5.56 Å². The highest BCUT2D eigenvalue weighted by molar-refractivity contribution is 6.35. The van der Waals surface area contributed by atoms with Crippen molar-refractivity contribution in [2.75, 3.05) is 6.54 Å². The minimum Gasteiger partial charge on any atom is -0.502 e. The lowest BCUT2D eigenvalue weighted by atomic mass is 10.1. The largest absolute Gasteiger partial charge is 0.502 e. The maximum absolute atomic E-state index is 12.0. The summed E-state index contributed by atoms with van der Waals surface area (Å²) in [5.41, 5.74) is 0.459. The molecule has 0 spiro atoms. The maximum Gasteiger partial charge on any atom is 0.296 e. The van der Waals surface area contributed by atoms with Gasteiger partial charge in [-0.25, -0.2) is 0 Å². The Morgan fingerprint density at radius 2 is 1.83 bits per heavy atom. The molecular formula is C13H10ClNO3. The molecular weight excluding hydrogens is 254 g/mol. The summed E-state index contributed by atoms with van der Waals surface area (Å²) in [4.78, 5) is 24.6. The van der Waals surface area contributed by atoms with Crippen molar-refractivity contribution in [1.29, 1.82) is 0 Å². The van der Waals surface area contributed by atoms with Crippen molar-refractivity contribution in [2.24, 2.45) is 0 Å². The number of nitrogens with zero attached hydrogens (tertiary/aromatic N) is 1. The first kappa shape index (κ1) is 12.4. The number of aliphatic hydroxyl groups excluding tert-OH is 1. The zero-order chi connectivity index (χ0) is 13.3. The molecule has 0 aromatic heterocycles. The van der Waals surface area contributed by atoms with Gasteiger partial charge in [-0.1, -0.05) is 29.8 Å². The van der Waals surface area contributed by atoms with E-state index in [1.807, 2.05) is 0 Å². The zero-order valence-electron chi connectivity index (χ0n) is 9.39. The fourth-order valence-corrected chi connectivity index (χ4v) is 1.86. The first-order valence-corrected chi connectivity index (χ1v) is 5.60. The minimum atomic E-state index is -0.704. The monoisotopic (exact) mass is 263 g/mol. The van der Waals surface area contributed by atoms with Gasteiger partial charge in [0.25, 0.3) is 11.8 Å². The van der Waals surface area contributed by atoms with Crippen LogP contribution in [0.25, 0.3) is 5.57 Å². The first-order chi connectivity index (χ1) is 8.56. The molecule has 92 valence electrons. The molecule has 1 aliphatic rings. The Bertz CT molecular complexity index is 560. The zero-order valence-corrected chi connectivity index (χ0v) is 10.1. The average molecular weight is 264 g/mol. The van der Waals surface area contributed by atoms with E-state index in [0.717, 1.165) is 4.90 Å². The number of benzene rings is 1. The second kappa shape index (κ2) is 4.66. The molecule has 0 atom stereocenters. The predicted molar refractivity (Wildman–Crippen MR) is 67.9 cm³/mol. The molecule has 1 aromatic rings. The smallest absolute Gasteiger partial charge is 0.296 e. The molecule has 0 fully saturated rings. The number of amides is 2. The Morgan fingerprint density at radius 3 is 2.39 bits per heavy atom. The number of rotatable bonds is 3. The van der Waals surface area contributed by atoms with E-state index < -0.39 is 17.6 Å². The second-order valence-electron chi connectivity index (χ2n) is 3.74. The first-order valence-electron chi connectivity index (χ1n) is 5.22. The van der Waals surface area contributed by atoms with Gasteiger partial charge in [0.2, 0.25) is 0 Å². The molecule has 18 heavy (non-hydrogen) atoms. The molecule has 0 radical (unpaired) electrons. The number of aliphatic hydroxyl groups is 1. The van der Waals surface area contributed by atoms with E-state index in [1.54, 1.807) is 24.3 Å². The lowest BCUT2D eigenvalue weighted by molar-refractivity contribution is -0.137. The Balaban J connectivity index is 2.44. The van der Waals surface area contributed by atoms with Crippen LogP contribution in [-0.4, -0.2) is 28.4 Å². The Morgan fingerprint density at radius 1 is 1.22 bits per heavy atom. The van der Waals surface area contributed by atoms with Crippen LogP contribution in [0, 0.1) is 0 Å². The topological polar surface area (TPSA) is 57.6 Å². The quantitative estimate of drug-likeness (QED) is 0.672. The summed E-state index contributed by atoms with van der Waals surface area (Å²) in [6, 6.07) is 6.34. The van der Waals surface area contributed by atoms with Gasteiger partial charge >= 0.3 is 0 Å². The van der Waals surface area contributed by atoms with Gasteiger partial charge in [-0.05, 0) is 17.7 Å². The van der Waals surface area contributed by atoms with Gasteiger partial charge in [-0.15, -0.1) is 6.58 Å². The van der Waals surface area contributed by atoms with E-state index >= 15 is 0 Å². The standard InChI is InChI=1S/C13H10ClNO3/c1-2-7-15-12(17)10(11(16)13(15)18)8-3-5-9(14)6-4-8/h2-6,16H,1,7H2. The van der Waals surface area contributed by atoms with Crippen molar-refractivity contribution in [3.63, 3.8) is 0 Å². The van der Waals surface area contributed by atoms with Crippen LogP contribution in [0.3, 0.4) is 0 Å². The molecule has 0 saturated heterocycles. The summed E-state index contributed by atoms with van der Waals surface area (Å²) < 4.78 is 0. The summed E-state index contributed by atoms with van der Waals surface area (Å²) in [5, 5.41) is 10.3. The highest BCUT2D eigenvalue weighted by atomic mass is 35.5. The normalized spacial score (nSPS) is 15.5. The molecule has 4 nitrogen and oxygen atoms in total. The van der Waals surface area contributed by atoms with Crippen molar-refractivity contribution in [3.8, 4) is 0 Å². The van der Waals surface area contributed by atoms with Crippen molar-refractivity contribution < 1.29 is 14.7 Å². The number of hydrogen-bond donors (Lipinski definition) is 1. The SMILES string of the molecule is C=CCN1C(=O)C(O)=C(c2ccc(Cl)cc2)C1=O. The van der Waals surface area contributed by atoms with E-state index in [2.05, 4.69) is 6.58 Å². The van der Waals surface area contributed by atoms with Gasteiger partial charge in [-0.3, -0.25) is 14.5 Å². The maximum atomic E-state index is 12.0. The van der Waals surface area contributed by atoms with E-state index in [0.29, 0.717) is 10.6 Å². The molecule has 5 heteroatoms. The van der Waals surface area contributed by atoms with Crippen LogP contribution in [0.2, 0.25) is 5.02 Å². The molecule has 0 bridgehead atoms. The third kappa shape index (κ3) is 1.91. The van der Waals surface area contributed by atoms with Crippen LogP contribution >= 0.6 is 11.6 Å². The summed E-state index contributed by atoms with van der Waals surface area (Å²) in [6.07, 6.45) is 1.42. The van der Waals surface area contributed by atoms with Gasteiger partial charge < -0.3 is 5.11 Å². The molecule has 2 rings (SSSR count). The van der Waals surface area contributed by atoms with Crippen molar-refractivity contribution in [2.45, 2.75) is 0 Å². The third-order valence-electron chi connectivity index (χ3n) is 2.59. The van der Waals surface area contributed by atoms with Crippen LogP contribution in [0.5, 0.6) is 0 Å². The summed E-state index contributed by atoms with van der Waals surface area (Å²) in [5.74, 6) is -1.77. The van der Waals surface area contributed by atoms with E-state index in [4.69, 9.17) is 11.6 Å². The van der Waals surface area contributed by atoms with Crippen molar-refractivity contribution in [1.82, 2.24) is 4.90 Å². The van der Waals surface area contributed by atoms with Crippen LogP contribution in [0.15, 0.2) is 42.7 Å². The predicted octanol–water partition coefficient (Wildman–Crippen LogP) is 2.16. The highest BCUT2D eigenvalue weighted by Gasteiger charge is 2.38. The van der Waals surface area contributed by atoms with Crippen LogP contribution < -0.4 is 0 Å². The van der Waals surface area contributed by atoms with E-state index in [1.165, 1.54) is 6.08 Å². The Kier molecular flexibility index (Phi) is 3.21. The highest BCUT2D eigenvalue weighted by Crippen LogP contribution is 2.28. The number of carbonyl (C=O) groups excluding carboxylic acids is 2. The summed E-state index contributed by atoms with van der Waals surface area (Å²) in [7, 11) is 0. The number of hydrogen-bond acceptors (Lipinski definition) is 3. The molecule has 0 unspecified atom stereocenters. The van der Waals surface area contributed by atoms with E-state index in [-0.39, 0.29) is 12.1 Å². The van der Waals surface area contributed by atoms with Crippen molar-refractivity contribution >= 4 is 29.0 Å². The average Bonchev–Trinajstić information content (AvgIpc) is 2.56. The number of halogens is 1. The summed E-state index contributed by atoms with van der Waals surface area (Å²) in [6.45, 7) is 3.53. The van der Waals surface area contributed by atoms with Gasteiger partial charge in [0.15, 0.2) is 5.76 Å². The van der Waals surface area contributed by atoms with Gasteiger partial charge in [0.05, 0.1) is 5.57 Å². The third-order valence-corrected chi connectivity index (χ3v) is 2.84. The Labute approximate surface area is 109 Å². The Hall–Kier alpha value is -2.07. The van der Waals surface area contributed by atoms with Gasteiger partial charge in [-0.2, -0.15) is 0 Å². The molecule has 0 aliphatic carbocycles. The van der Waals surface area contributed by atoms with Gasteiger partial charge in [0, 0.05) is 11.6 Å².